The molecular formula is C23H28N2O2S2. The third kappa shape index (κ3) is 4.19. The van der Waals surface area contributed by atoms with Crippen molar-refractivity contribution in [2.45, 2.75) is 58.8 Å². The van der Waals surface area contributed by atoms with E-state index in [0.29, 0.717) is 17.3 Å². The number of carbonyl (C=O) groups is 1. The maximum Gasteiger partial charge on any atom is 0.341 e. The van der Waals surface area contributed by atoms with Crippen molar-refractivity contribution in [3.63, 3.8) is 0 Å². The number of thiophene rings is 1. The summed E-state index contributed by atoms with van der Waals surface area (Å²) in [5, 5.41) is 4.94. The van der Waals surface area contributed by atoms with Gasteiger partial charge in [-0.05, 0) is 81.8 Å². The summed E-state index contributed by atoms with van der Waals surface area (Å²) in [6.07, 6.45) is 7.65. The lowest BCUT2D eigenvalue weighted by atomic mass is 10.00. The Balaban J connectivity index is 1.64. The molecule has 2 heterocycles. The summed E-state index contributed by atoms with van der Waals surface area (Å²) in [6, 6.07) is 6.55. The van der Waals surface area contributed by atoms with Gasteiger partial charge in [-0.2, -0.15) is 0 Å². The second-order valence-electron chi connectivity index (χ2n) is 7.81. The fraction of sp³-hybridized carbons (Fsp3) is 0.478. The Kier molecular flexibility index (Phi) is 6.20. The largest absolute Gasteiger partial charge is 0.462 e. The molecule has 4 nitrogen and oxygen atoms in total. The number of esters is 1. The van der Waals surface area contributed by atoms with E-state index in [4.69, 9.17) is 17.0 Å². The number of hydrogen-bond donors (Lipinski definition) is 1. The van der Waals surface area contributed by atoms with Crippen LogP contribution in [-0.2, 0) is 24.0 Å². The number of thiocarbonyl (C=S) groups is 1. The van der Waals surface area contributed by atoms with Crippen molar-refractivity contribution >= 4 is 45.3 Å². The van der Waals surface area contributed by atoms with Crippen LogP contribution in [0.2, 0.25) is 0 Å². The third-order valence-electron chi connectivity index (χ3n) is 5.72. The first-order valence-corrected chi connectivity index (χ1v) is 11.8. The molecule has 0 saturated carbocycles. The van der Waals surface area contributed by atoms with Crippen LogP contribution in [-0.4, -0.2) is 24.2 Å². The average Bonchev–Trinajstić information content (AvgIpc) is 2.88. The SMILES string of the molecule is CCOC(=O)c1c(NC(=S)N2CCCc3cc(C)ccc32)sc2c1CCCCC2. The maximum absolute atomic E-state index is 12.8. The molecular weight excluding hydrogens is 400 g/mol. The maximum atomic E-state index is 12.8. The van der Waals surface area contributed by atoms with E-state index < -0.39 is 0 Å². The smallest absolute Gasteiger partial charge is 0.341 e. The summed E-state index contributed by atoms with van der Waals surface area (Å²) in [4.78, 5) is 16.3. The summed E-state index contributed by atoms with van der Waals surface area (Å²) < 4.78 is 5.40. The summed E-state index contributed by atoms with van der Waals surface area (Å²) in [6.45, 7) is 5.25. The lowest BCUT2D eigenvalue weighted by Crippen LogP contribution is -2.38. The zero-order chi connectivity index (χ0) is 20.4. The van der Waals surface area contributed by atoms with Crippen LogP contribution in [0.3, 0.4) is 0 Å². The number of hydrogen-bond acceptors (Lipinski definition) is 4. The van der Waals surface area contributed by atoms with Crippen LogP contribution in [0.4, 0.5) is 10.7 Å². The van der Waals surface area contributed by atoms with Gasteiger partial charge in [-0.3, -0.25) is 0 Å². The standard InChI is InChI=1S/C23H28N2O2S2/c1-3-27-22(26)20-17-9-5-4-6-10-19(17)29-21(20)24-23(28)25-13-7-8-16-14-15(2)11-12-18(16)25/h11-12,14H,3-10,13H2,1-2H3,(H,24,28). The summed E-state index contributed by atoms with van der Waals surface area (Å²) in [7, 11) is 0. The minimum Gasteiger partial charge on any atom is -0.462 e. The monoisotopic (exact) mass is 428 g/mol. The van der Waals surface area contributed by atoms with Gasteiger partial charge in [0.15, 0.2) is 5.11 Å². The molecule has 2 aliphatic rings. The number of rotatable bonds is 3. The molecule has 0 unspecified atom stereocenters. The van der Waals surface area contributed by atoms with Gasteiger partial charge in [-0.25, -0.2) is 4.79 Å². The molecule has 154 valence electrons. The van der Waals surface area contributed by atoms with Crippen LogP contribution >= 0.6 is 23.6 Å². The molecule has 4 rings (SSSR count). The van der Waals surface area contributed by atoms with E-state index in [1.165, 1.54) is 40.1 Å². The minimum absolute atomic E-state index is 0.230. The lowest BCUT2D eigenvalue weighted by molar-refractivity contribution is 0.0527. The second kappa shape index (κ2) is 8.84. The van der Waals surface area contributed by atoms with Crippen LogP contribution in [0.25, 0.3) is 0 Å². The van der Waals surface area contributed by atoms with E-state index in [-0.39, 0.29) is 5.97 Å². The Morgan fingerprint density at radius 2 is 2.03 bits per heavy atom. The van der Waals surface area contributed by atoms with Crippen molar-refractivity contribution in [1.82, 2.24) is 0 Å². The molecule has 1 aliphatic heterocycles. The van der Waals surface area contributed by atoms with Crippen molar-refractivity contribution in [3.05, 3.63) is 45.3 Å². The van der Waals surface area contributed by atoms with Gasteiger partial charge >= 0.3 is 5.97 Å². The molecule has 0 spiro atoms. The molecule has 29 heavy (non-hydrogen) atoms. The van der Waals surface area contributed by atoms with Gasteiger partial charge < -0.3 is 15.0 Å². The molecule has 0 radical (unpaired) electrons. The van der Waals surface area contributed by atoms with Gasteiger partial charge in [0.1, 0.15) is 5.00 Å². The van der Waals surface area contributed by atoms with Gasteiger partial charge in [-0.15, -0.1) is 11.3 Å². The average molecular weight is 429 g/mol. The Labute approximate surface area is 182 Å². The first-order chi connectivity index (χ1) is 14.1. The predicted molar refractivity (Wildman–Crippen MR) is 125 cm³/mol. The number of aryl methyl sites for hydroxylation is 3. The lowest BCUT2D eigenvalue weighted by Gasteiger charge is -2.32. The third-order valence-corrected chi connectivity index (χ3v) is 7.25. The first-order valence-electron chi connectivity index (χ1n) is 10.6. The van der Waals surface area contributed by atoms with Crippen LogP contribution < -0.4 is 10.2 Å². The number of anilines is 2. The van der Waals surface area contributed by atoms with Gasteiger partial charge in [0.05, 0.1) is 12.2 Å². The molecule has 1 aromatic carbocycles. The molecule has 0 saturated heterocycles. The Morgan fingerprint density at radius 3 is 2.86 bits per heavy atom. The van der Waals surface area contributed by atoms with Crippen LogP contribution in [0.1, 0.15) is 64.5 Å². The van der Waals surface area contributed by atoms with Gasteiger partial charge in [-0.1, -0.05) is 24.1 Å². The Morgan fingerprint density at radius 1 is 1.21 bits per heavy atom. The van der Waals surface area contributed by atoms with Crippen molar-refractivity contribution in [1.29, 1.82) is 0 Å². The summed E-state index contributed by atoms with van der Waals surface area (Å²) >= 11 is 7.49. The van der Waals surface area contributed by atoms with Crippen molar-refractivity contribution < 1.29 is 9.53 Å². The highest BCUT2D eigenvalue weighted by atomic mass is 32.1. The molecule has 1 N–H and O–H groups in total. The number of fused-ring (bicyclic) bond motifs is 2. The zero-order valence-corrected chi connectivity index (χ0v) is 18.8. The van der Waals surface area contributed by atoms with Crippen LogP contribution in [0.5, 0.6) is 0 Å². The molecule has 1 aliphatic carbocycles. The summed E-state index contributed by atoms with van der Waals surface area (Å²) in [5.41, 5.74) is 5.67. The molecule has 0 amide bonds. The fourth-order valence-corrected chi connectivity index (χ4v) is 5.98. The fourth-order valence-electron chi connectivity index (χ4n) is 4.35. The van der Waals surface area contributed by atoms with E-state index >= 15 is 0 Å². The molecule has 0 fully saturated rings. The van der Waals surface area contributed by atoms with Crippen LogP contribution in [0, 0.1) is 6.92 Å². The van der Waals surface area contributed by atoms with Gasteiger partial charge in [0.25, 0.3) is 0 Å². The van der Waals surface area contributed by atoms with E-state index in [0.717, 1.165) is 43.6 Å². The van der Waals surface area contributed by atoms with E-state index in [1.54, 1.807) is 11.3 Å². The van der Waals surface area contributed by atoms with Crippen molar-refractivity contribution in [3.8, 4) is 0 Å². The number of benzene rings is 1. The zero-order valence-electron chi connectivity index (χ0n) is 17.2. The van der Waals surface area contributed by atoms with Gasteiger partial charge in [0, 0.05) is 17.1 Å². The van der Waals surface area contributed by atoms with Crippen molar-refractivity contribution in [2.24, 2.45) is 0 Å². The molecule has 0 atom stereocenters. The van der Waals surface area contributed by atoms with Crippen molar-refractivity contribution in [2.75, 3.05) is 23.4 Å². The highest BCUT2D eigenvalue weighted by molar-refractivity contribution is 7.80. The quantitative estimate of drug-likeness (QED) is 0.389. The van der Waals surface area contributed by atoms with E-state index in [9.17, 15) is 4.79 Å². The molecule has 6 heteroatoms. The Bertz CT molecular complexity index is 935. The normalized spacial score (nSPS) is 15.9. The highest BCUT2D eigenvalue weighted by Crippen LogP contribution is 2.38. The van der Waals surface area contributed by atoms with Gasteiger partial charge in [0.2, 0.25) is 0 Å². The summed E-state index contributed by atoms with van der Waals surface area (Å²) in [5.74, 6) is -0.230. The molecule has 2 aromatic rings. The Hall–Kier alpha value is -1.92. The highest BCUT2D eigenvalue weighted by Gasteiger charge is 2.28. The van der Waals surface area contributed by atoms with E-state index in [1.807, 2.05) is 6.92 Å². The number of nitrogens with zero attached hydrogens (tertiary/aromatic N) is 1. The number of carbonyl (C=O) groups excluding carboxylic acids is 1. The van der Waals surface area contributed by atoms with E-state index in [2.05, 4.69) is 35.3 Å². The first kappa shape index (κ1) is 20.4. The second-order valence-corrected chi connectivity index (χ2v) is 9.30. The molecule has 0 bridgehead atoms. The minimum atomic E-state index is -0.230. The molecule has 1 aromatic heterocycles. The number of ether oxygens (including phenoxy) is 1. The predicted octanol–water partition coefficient (Wildman–Crippen LogP) is 5.65. The van der Waals surface area contributed by atoms with Crippen LogP contribution in [0.15, 0.2) is 18.2 Å². The number of nitrogens with one attached hydrogen (secondary N) is 1. The topological polar surface area (TPSA) is 41.6 Å².